The van der Waals surface area contributed by atoms with Crippen LogP contribution in [0.25, 0.3) is 0 Å². The van der Waals surface area contributed by atoms with Crippen molar-refractivity contribution >= 4 is 5.82 Å². The van der Waals surface area contributed by atoms with Gasteiger partial charge in [0.15, 0.2) is 0 Å². The van der Waals surface area contributed by atoms with Gasteiger partial charge in [0, 0.05) is 24.8 Å². The summed E-state index contributed by atoms with van der Waals surface area (Å²) < 4.78 is 0. The lowest BCUT2D eigenvalue weighted by atomic mass is 9.87. The molecule has 17 heavy (non-hydrogen) atoms. The molecule has 0 bridgehead atoms. The molecule has 0 aliphatic rings. The fourth-order valence-corrected chi connectivity index (χ4v) is 1.79. The Kier molecular flexibility index (Phi) is 4.15. The summed E-state index contributed by atoms with van der Waals surface area (Å²) >= 11 is 0. The summed E-state index contributed by atoms with van der Waals surface area (Å²) in [5, 5.41) is 9.77. The molecule has 3 nitrogen and oxygen atoms in total. The number of nitrogens with zero attached hydrogens (tertiary/aromatic N) is 2. The fourth-order valence-electron chi connectivity index (χ4n) is 1.79. The van der Waals surface area contributed by atoms with Crippen molar-refractivity contribution in [3.63, 3.8) is 0 Å². The first-order chi connectivity index (χ1) is 7.75. The molecule has 0 saturated carbocycles. The molecule has 0 spiro atoms. The second-order valence-corrected chi connectivity index (χ2v) is 5.75. The molecule has 1 rings (SSSR count). The van der Waals surface area contributed by atoms with E-state index in [1.54, 1.807) is 13.1 Å². The van der Waals surface area contributed by atoms with Gasteiger partial charge in [0.25, 0.3) is 0 Å². The Balaban J connectivity index is 3.08. The molecule has 96 valence electrons. The second kappa shape index (κ2) is 5.05. The molecule has 3 heteroatoms. The molecule has 2 atom stereocenters. The van der Waals surface area contributed by atoms with Gasteiger partial charge in [-0.1, -0.05) is 26.8 Å². The molecule has 0 aliphatic carbocycles. The summed E-state index contributed by atoms with van der Waals surface area (Å²) in [5.41, 5.74) is 1.05. The minimum Gasteiger partial charge on any atom is -0.389 e. The van der Waals surface area contributed by atoms with Gasteiger partial charge in [0.1, 0.15) is 5.82 Å². The largest absolute Gasteiger partial charge is 0.389 e. The van der Waals surface area contributed by atoms with Crippen LogP contribution in [-0.2, 0) is 0 Å². The van der Waals surface area contributed by atoms with Crippen LogP contribution >= 0.6 is 0 Å². The van der Waals surface area contributed by atoms with Gasteiger partial charge in [-0.25, -0.2) is 4.98 Å². The molecule has 0 saturated heterocycles. The van der Waals surface area contributed by atoms with Crippen LogP contribution in [0.5, 0.6) is 0 Å². The molecule has 2 unspecified atom stereocenters. The zero-order valence-corrected chi connectivity index (χ0v) is 11.7. The molecule has 0 radical (unpaired) electrons. The summed E-state index contributed by atoms with van der Waals surface area (Å²) in [6.45, 7) is 10.6. The zero-order valence-electron chi connectivity index (χ0n) is 11.7. The van der Waals surface area contributed by atoms with E-state index in [1.165, 1.54) is 0 Å². The quantitative estimate of drug-likeness (QED) is 0.876. The molecule has 0 amide bonds. The highest BCUT2D eigenvalue weighted by atomic mass is 16.3. The summed E-state index contributed by atoms with van der Waals surface area (Å²) in [7, 11) is 2.03. The van der Waals surface area contributed by atoms with E-state index in [4.69, 9.17) is 0 Å². The van der Waals surface area contributed by atoms with E-state index in [1.807, 2.05) is 19.2 Å². The number of aliphatic hydroxyl groups excluding tert-OH is 1. The maximum absolute atomic E-state index is 9.77. The first-order valence-corrected chi connectivity index (χ1v) is 6.11. The van der Waals surface area contributed by atoms with Crippen LogP contribution in [0, 0.1) is 5.41 Å². The van der Waals surface area contributed by atoms with Crippen molar-refractivity contribution < 1.29 is 5.11 Å². The van der Waals surface area contributed by atoms with Crippen LogP contribution in [0.4, 0.5) is 5.82 Å². The minimum atomic E-state index is -0.492. The van der Waals surface area contributed by atoms with Crippen molar-refractivity contribution in [2.24, 2.45) is 5.41 Å². The minimum absolute atomic E-state index is 0.169. The fraction of sp³-hybridized carbons (Fsp3) is 0.643. The number of aromatic nitrogens is 1. The smallest absolute Gasteiger partial charge is 0.134 e. The Bertz CT molecular complexity index is 369. The maximum atomic E-state index is 9.77. The molecule has 1 aromatic rings. The Morgan fingerprint density at radius 2 is 1.88 bits per heavy atom. The van der Waals surface area contributed by atoms with Crippen LogP contribution in [0.15, 0.2) is 18.3 Å². The van der Waals surface area contributed by atoms with E-state index < -0.39 is 6.10 Å². The number of aliphatic hydroxyl groups is 1. The predicted molar refractivity (Wildman–Crippen MR) is 72.2 cm³/mol. The van der Waals surface area contributed by atoms with Gasteiger partial charge in [-0.2, -0.15) is 0 Å². The standard InChI is InChI=1S/C14H24N2O/c1-10(17)12-8-7-9-15-13(12)16(6)11(2)14(3,4)5/h7-11,17H,1-6H3. The Labute approximate surface area is 104 Å². The van der Waals surface area contributed by atoms with Crippen LogP contribution < -0.4 is 4.90 Å². The Hall–Kier alpha value is -1.09. The molecular formula is C14H24N2O. The highest BCUT2D eigenvalue weighted by molar-refractivity contribution is 5.48. The molecule has 0 aliphatic heterocycles. The van der Waals surface area contributed by atoms with Crippen molar-refractivity contribution in [3.8, 4) is 0 Å². The van der Waals surface area contributed by atoms with Crippen molar-refractivity contribution in [2.75, 3.05) is 11.9 Å². The average Bonchev–Trinajstić information content (AvgIpc) is 2.25. The van der Waals surface area contributed by atoms with Gasteiger partial charge in [-0.3, -0.25) is 0 Å². The van der Waals surface area contributed by atoms with E-state index in [0.717, 1.165) is 11.4 Å². The van der Waals surface area contributed by atoms with Crippen LogP contribution in [0.3, 0.4) is 0 Å². The van der Waals surface area contributed by atoms with E-state index in [9.17, 15) is 5.11 Å². The lowest BCUT2D eigenvalue weighted by Gasteiger charge is -2.37. The third kappa shape index (κ3) is 3.19. The maximum Gasteiger partial charge on any atom is 0.134 e. The van der Waals surface area contributed by atoms with Crippen LogP contribution in [-0.4, -0.2) is 23.2 Å². The average molecular weight is 236 g/mol. The monoisotopic (exact) mass is 236 g/mol. The van der Waals surface area contributed by atoms with Crippen LogP contribution in [0.1, 0.15) is 46.3 Å². The van der Waals surface area contributed by atoms with Gasteiger partial charge in [-0.05, 0) is 25.3 Å². The number of anilines is 1. The first kappa shape index (κ1) is 14.0. The van der Waals surface area contributed by atoms with Crippen molar-refractivity contribution in [1.82, 2.24) is 4.98 Å². The molecular weight excluding hydrogens is 212 g/mol. The SMILES string of the molecule is CC(O)c1cccnc1N(C)C(C)C(C)(C)C. The number of pyridine rings is 1. The highest BCUT2D eigenvalue weighted by Gasteiger charge is 2.26. The first-order valence-electron chi connectivity index (χ1n) is 6.11. The highest BCUT2D eigenvalue weighted by Crippen LogP contribution is 2.30. The van der Waals surface area contributed by atoms with E-state index in [-0.39, 0.29) is 5.41 Å². The van der Waals surface area contributed by atoms with Crippen LogP contribution in [0.2, 0.25) is 0 Å². The van der Waals surface area contributed by atoms with Crippen molar-refractivity contribution in [2.45, 2.75) is 46.8 Å². The van der Waals surface area contributed by atoms with Gasteiger partial charge in [0.05, 0.1) is 6.10 Å². The van der Waals surface area contributed by atoms with Gasteiger partial charge >= 0.3 is 0 Å². The Morgan fingerprint density at radius 3 is 2.35 bits per heavy atom. The normalized spacial score (nSPS) is 15.5. The zero-order chi connectivity index (χ0) is 13.2. The molecule has 0 fully saturated rings. The van der Waals surface area contributed by atoms with E-state index in [2.05, 4.69) is 37.6 Å². The van der Waals surface area contributed by atoms with Gasteiger partial charge in [-0.15, -0.1) is 0 Å². The third-order valence-corrected chi connectivity index (χ3v) is 3.44. The number of hydrogen-bond donors (Lipinski definition) is 1. The van der Waals surface area contributed by atoms with Crippen molar-refractivity contribution in [1.29, 1.82) is 0 Å². The molecule has 1 N–H and O–H groups in total. The summed E-state index contributed by atoms with van der Waals surface area (Å²) in [4.78, 5) is 6.54. The Morgan fingerprint density at radius 1 is 1.29 bits per heavy atom. The van der Waals surface area contributed by atoms with Crippen molar-refractivity contribution in [3.05, 3.63) is 23.9 Å². The third-order valence-electron chi connectivity index (χ3n) is 3.44. The number of rotatable bonds is 3. The summed E-state index contributed by atoms with van der Waals surface area (Å²) in [5.74, 6) is 0.866. The number of hydrogen-bond acceptors (Lipinski definition) is 3. The topological polar surface area (TPSA) is 36.4 Å². The molecule has 1 aromatic heterocycles. The summed E-state index contributed by atoms with van der Waals surface area (Å²) in [6, 6.07) is 4.13. The lowest BCUT2D eigenvalue weighted by molar-refractivity contribution is 0.198. The van der Waals surface area contributed by atoms with Gasteiger partial charge in [0.2, 0.25) is 0 Å². The summed E-state index contributed by atoms with van der Waals surface area (Å²) in [6.07, 6.45) is 1.28. The van der Waals surface area contributed by atoms with Gasteiger partial charge < -0.3 is 10.0 Å². The molecule has 1 heterocycles. The molecule has 0 aromatic carbocycles. The lowest BCUT2D eigenvalue weighted by Crippen LogP contribution is -2.40. The van der Waals surface area contributed by atoms with E-state index >= 15 is 0 Å². The predicted octanol–water partition coefficient (Wildman–Crippen LogP) is 3.01. The van der Waals surface area contributed by atoms with E-state index in [0.29, 0.717) is 6.04 Å². The second-order valence-electron chi connectivity index (χ2n) is 5.75.